The van der Waals surface area contributed by atoms with Crippen molar-refractivity contribution in [1.82, 2.24) is 14.9 Å². The van der Waals surface area contributed by atoms with Gasteiger partial charge in [-0.15, -0.1) is 11.3 Å². The Morgan fingerprint density at radius 1 is 1.18 bits per heavy atom. The van der Waals surface area contributed by atoms with E-state index < -0.39 is 0 Å². The average Bonchev–Trinajstić information content (AvgIpc) is 3.24. The number of carbonyl (C=O) groups excluding carboxylic acids is 1. The lowest BCUT2D eigenvalue weighted by atomic mass is 10.2. The summed E-state index contributed by atoms with van der Waals surface area (Å²) in [6.07, 6.45) is 3.48. The number of pyridine rings is 1. The number of hydrogen-bond donors (Lipinski definition) is 1. The minimum atomic E-state index is -0.0900. The van der Waals surface area contributed by atoms with Gasteiger partial charge in [-0.2, -0.15) is 0 Å². The van der Waals surface area contributed by atoms with Crippen LogP contribution in [0.4, 0.5) is 0 Å². The number of aromatic nitrogens is 2. The molecule has 0 radical (unpaired) electrons. The number of rotatable bonds is 6. The molecule has 5 nitrogen and oxygen atoms in total. The van der Waals surface area contributed by atoms with E-state index in [4.69, 9.17) is 4.74 Å². The van der Waals surface area contributed by atoms with Crippen LogP contribution < -0.4 is 10.1 Å². The first-order chi connectivity index (χ1) is 13.6. The second kappa shape index (κ2) is 7.86. The smallest absolute Gasteiger partial charge is 0.268 e. The third-order valence-electron chi connectivity index (χ3n) is 4.60. The van der Waals surface area contributed by atoms with Crippen LogP contribution >= 0.6 is 11.3 Å². The van der Waals surface area contributed by atoms with Crippen molar-refractivity contribution in [2.45, 2.75) is 20.0 Å². The van der Waals surface area contributed by atoms with Crippen molar-refractivity contribution in [2.75, 3.05) is 7.11 Å². The molecule has 4 aromatic rings. The molecule has 0 aliphatic rings. The fourth-order valence-electron chi connectivity index (χ4n) is 3.25. The van der Waals surface area contributed by atoms with Crippen molar-refractivity contribution in [2.24, 2.45) is 0 Å². The van der Waals surface area contributed by atoms with Crippen molar-refractivity contribution >= 4 is 27.5 Å². The van der Waals surface area contributed by atoms with Gasteiger partial charge in [0.2, 0.25) is 0 Å². The van der Waals surface area contributed by atoms with Crippen LogP contribution in [0.3, 0.4) is 0 Å². The van der Waals surface area contributed by atoms with Crippen LogP contribution in [0, 0.1) is 6.92 Å². The lowest BCUT2D eigenvalue weighted by molar-refractivity contribution is 0.0942. The van der Waals surface area contributed by atoms with Gasteiger partial charge in [0.15, 0.2) is 0 Å². The normalized spacial score (nSPS) is 10.9. The number of carbonyl (C=O) groups is 1. The number of ether oxygens (including phenoxy) is 1. The zero-order chi connectivity index (χ0) is 19.5. The quantitative estimate of drug-likeness (QED) is 0.530. The van der Waals surface area contributed by atoms with Gasteiger partial charge in [-0.25, -0.2) is 0 Å². The first-order valence-corrected chi connectivity index (χ1v) is 9.85. The molecule has 0 spiro atoms. The molecule has 1 amide bonds. The molecule has 0 unspecified atom stereocenters. The number of fused-ring (bicyclic) bond motifs is 1. The summed E-state index contributed by atoms with van der Waals surface area (Å²) < 4.78 is 8.53. The summed E-state index contributed by atoms with van der Waals surface area (Å²) in [6, 6.07) is 15.9. The third-order valence-corrected chi connectivity index (χ3v) is 5.58. The maximum absolute atomic E-state index is 12.9. The molecule has 6 heteroatoms. The van der Waals surface area contributed by atoms with Crippen LogP contribution in [0.1, 0.15) is 26.5 Å². The molecule has 4 rings (SSSR count). The van der Waals surface area contributed by atoms with Crippen LogP contribution in [0.2, 0.25) is 0 Å². The Bertz CT molecular complexity index is 1120. The van der Waals surface area contributed by atoms with Gasteiger partial charge in [-0.3, -0.25) is 9.78 Å². The van der Waals surface area contributed by atoms with Crippen LogP contribution in [-0.4, -0.2) is 22.6 Å². The number of thiophene rings is 1. The Kier molecular flexibility index (Phi) is 5.12. The maximum Gasteiger partial charge on any atom is 0.268 e. The molecule has 0 aliphatic carbocycles. The molecule has 0 saturated heterocycles. The zero-order valence-electron chi connectivity index (χ0n) is 15.8. The standard InChI is InChI=1S/C22H21N3O2S/c1-15-9-19-21(28-15)11-20(22(26)24-13-17-6-4-8-23-12-17)25(19)14-16-5-3-7-18(10-16)27-2/h3-12H,13-14H2,1-2H3,(H,24,26). The van der Waals surface area contributed by atoms with Crippen molar-refractivity contribution in [3.8, 4) is 5.75 Å². The Hall–Kier alpha value is -3.12. The largest absolute Gasteiger partial charge is 0.497 e. The molecule has 0 saturated carbocycles. The van der Waals surface area contributed by atoms with E-state index in [1.165, 1.54) is 4.88 Å². The lowest BCUT2D eigenvalue weighted by Gasteiger charge is -2.12. The van der Waals surface area contributed by atoms with Crippen molar-refractivity contribution in [3.05, 3.63) is 82.6 Å². The van der Waals surface area contributed by atoms with Crippen molar-refractivity contribution in [1.29, 1.82) is 0 Å². The van der Waals surface area contributed by atoms with Crippen LogP contribution in [-0.2, 0) is 13.1 Å². The van der Waals surface area contributed by atoms with Gasteiger partial charge in [0.1, 0.15) is 11.4 Å². The highest BCUT2D eigenvalue weighted by Crippen LogP contribution is 2.30. The number of nitrogens with one attached hydrogen (secondary N) is 1. The molecule has 3 heterocycles. The molecule has 0 fully saturated rings. The van der Waals surface area contributed by atoms with Gasteiger partial charge in [-0.1, -0.05) is 18.2 Å². The second-order valence-corrected chi connectivity index (χ2v) is 7.91. The molecule has 1 N–H and O–H groups in total. The summed E-state index contributed by atoms with van der Waals surface area (Å²) in [5.41, 5.74) is 3.80. The van der Waals surface area contributed by atoms with E-state index in [9.17, 15) is 4.79 Å². The molecule has 0 atom stereocenters. The monoisotopic (exact) mass is 391 g/mol. The highest BCUT2D eigenvalue weighted by Gasteiger charge is 2.17. The molecule has 28 heavy (non-hydrogen) atoms. The number of nitrogens with zero attached hydrogens (tertiary/aromatic N) is 2. The zero-order valence-corrected chi connectivity index (χ0v) is 16.6. The fraction of sp³-hybridized carbons (Fsp3) is 0.182. The van der Waals surface area contributed by atoms with Crippen LogP contribution in [0.15, 0.2) is 60.9 Å². The maximum atomic E-state index is 12.9. The first-order valence-electron chi connectivity index (χ1n) is 9.04. The summed E-state index contributed by atoms with van der Waals surface area (Å²) in [6.45, 7) is 3.14. The van der Waals surface area contributed by atoms with Crippen molar-refractivity contribution < 1.29 is 9.53 Å². The summed E-state index contributed by atoms with van der Waals surface area (Å²) >= 11 is 1.70. The molecular formula is C22H21N3O2S. The summed E-state index contributed by atoms with van der Waals surface area (Å²) in [5, 5.41) is 3.01. The number of methoxy groups -OCH3 is 1. The fourth-order valence-corrected chi connectivity index (χ4v) is 4.21. The third kappa shape index (κ3) is 3.77. The molecule has 142 valence electrons. The predicted molar refractivity (Wildman–Crippen MR) is 112 cm³/mol. The Morgan fingerprint density at radius 3 is 2.82 bits per heavy atom. The van der Waals surface area contributed by atoms with Gasteiger partial charge >= 0.3 is 0 Å². The average molecular weight is 391 g/mol. The van der Waals surface area contributed by atoms with Gasteiger partial charge in [0.05, 0.1) is 17.3 Å². The SMILES string of the molecule is COc1cccc(Cn2c(C(=O)NCc3cccnc3)cc3sc(C)cc32)c1. The Morgan fingerprint density at radius 2 is 2.04 bits per heavy atom. The number of amides is 1. The summed E-state index contributed by atoms with van der Waals surface area (Å²) in [5.74, 6) is 0.720. The van der Waals surface area contributed by atoms with Gasteiger partial charge in [-0.05, 0) is 48.4 Å². The second-order valence-electron chi connectivity index (χ2n) is 6.62. The Labute approximate surface area is 167 Å². The predicted octanol–water partition coefficient (Wildman–Crippen LogP) is 4.39. The number of hydrogen-bond acceptors (Lipinski definition) is 4. The topological polar surface area (TPSA) is 56.1 Å². The first kappa shape index (κ1) is 18.3. The van der Waals surface area contributed by atoms with Crippen molar-refractivity contribution in [3.63, 3.8) is 0 Å². The van der Waals surface area contributed by atoms with Crippen LogP contribution in [0.25, 0.3) is 10.2 Å². The molecule has 0 bridgehead atoms. The van der Waals surface area contributed by atoms with E-state index in [1.54, 1.807) is 30.8 Å². The van der Waals surface area contributed by atoms with Gasteiger partial charge in [0.25, 0.3) is 5.91 Å². The highest BCUT2D eigenvalue weighted by atomic mass is 32.1. The lowest BCUT2D eigenvalue weighted by Crippen LogP contribution is -2.25. The minimum absolute atomic E-state index is 0.0900. The number of benzene rings is 1. The van der Waals surface area contributed by atoms with E-state index in [0.29, 0.717) is 18.8 Å². The molecule has 3 aromatic heterocycles. The van der Waals surface area contributed by atoms with Gasteiger partial charge in [0, 0.05) is 30.4 Å². The number of aryl methyl sites for hydroxylation is 1. The van der Waals surface area contributed by atoms with E-state index in [1.807, 2.05) is 42.5 Å². The summed E-state index contributed by atoms with van der Waals surface area (Å²) in [7, 11) is 1.66. The molecular weight excluding hydrogens is 370 g/mol. The van der Waals surface area contributed by atoms with E-state index in [0.717, 1.165) is 27.1 Å². The molecule has 1 aromatic carbocycles. The van der Waals surface area contributed by atoms with E-state index in [2.05, 4.69) is 27.9 Å². The summed E-state index contributed by atoms with van der Waals surface area (Å²) in [4.78, 5) is 18.3. The van der Waals surface area contributed by atoms with E-state index in [-0.39, 0.29) is 5.91 Å². The van der Waals surface area contributed by atoms with Crippen LogP contribution in [0.5, 0.6) is 5.75 Å². The molecule has 0 aliphatic heterocycles. The minimum Gasteiger partial charge on any atom is -0.497 e. The highest BCUT2D eigenvalue weighted by molar-refractivity contribution is 7.19. The van der Waals surface area contributed by atoms with Gasteiger partial charge < -0.3 is 14.6 Å². The van der Waals surface area contributed by atoms with E-state index >= 15 is 0 Å². The Balaban J connectivity index is 1.64.